The van der Waals surface area contributed by atoms with Gasteiger partial charge >= 0.3 is 0 Å². The van der Waals surface area contributed by atoms with E-state index in [-0.39, 0.29) is 5.91 Å². The van der Waals surface area contributed by atoms with Crippen LogP contribution in [0.3, 0.4) is 0 Å². The van der Waals surface area contributed by atoms with E-state index in [2.05, 4.69) is 11.6 Å². The van der Waals surface area contributed by atoms with Crippen molar-refractivity contribution >= 4 is 11.7 Å². The van der Waals surface area contributed by atoms with E-state index in [0.29, 0.717) is 30.3 Å². The first-order valence-corrected chi connectivity index (χ1v) is 8.38. The van der Waals surface area contributed by atoms with Gasteiger partial charge in [-0.1, -0.05) is 49.1 Å². The average molecular weight is 344 g/mol. The highest BCUT2D eigenvalue weighted by atomic mass is 16.5. The SMILES string of the molecule is C=CCOc1ccc(C(=O)N(Cc2ccccc2)c2ccccn2)cc1. The molecule has 1 heterocycles. The van der Waals surface area contributed by atoms with Crippen LogP contribution in [-0.4, -0.2) is 17.5 Å². The van der Waals surface area contributed by atoms with Crippen molar-refractivity contribution in [2.45, 2.75) is 6.54 Å². The molecule has 2 aromatic carbocycles. The third-order valence-electron chi connectivity index (χ3n) is 3.82. The van der Waals surface area contributed by atoms with Gasteiger partial charge in [-0.25, -0.2) is 4.98 Å². The molecule has 1 aromatic heterocycles. The molecule has 3 rings (SSSR count). The molecular formula is C22H20N2O2. The highest BCUT2D eigenvalue weighted by Gasteiger charge is 2.19. The summed E-state index contributed by atoms with van der Waals surface area (Å²) in [5.41, 5.74) is 1.62. The summed E-state index contributed by atoms with van der Waals surface area (Å²) in [5.74, 6) is 1.21. The van der Waals surface area contributed by atoms with Crippen LogP contribution in [0.15, 0.2) is 91.6 Å². The summed E-state index contributed by atoms with van der Waals surface area (Å²) in [6.45, 7) is 4.51. The van der Waals surface area contributed by atoms with Crippen LogP contribution in [0.5, 0.6) is 5.75 Å². The van der Waals surface area contributed by atoms with Crippen molar-refractivity contribution in [2.75, 3.05) is 11.5 Å². The van der Waals surface area contributed by atoms with E-state index in [1.54, 1.807) is 41.4 Å². The fourth-order valence-electron chi connectivity index (χ4n) is 2.54. The second-order valence-electron chi connectivity index (χ2n) is 5.69. The number of pyridine rings is 1. The smallest absolute Gasteiger partial charge is 0.259 e. The second kappa shape index (κ2) is 8.62. The van der Waals surface area contributed by atoms with Crippen LogP contribution in [0.2, 0.25) is 0 Å². The minimum Gasteiger partial charge on any atom is -0.490 e. The van der Waals surface area contributed by atoms with E-state index < -0.39 is 0 Å². The van der Waals surface area contributed by atoms with Gasteiger partial charge < -0.3 is 4.74 Å². The Labute approximate surface area is 153 Å². The average Bonchev–Trinajstić information content (AvgIpc) is 2.72. The maximum Gasteiger partial charge on any atom is 0.259 e. The van der Waals surface area contributed by atoms with Crippen LogP contribution in [0.4, 0.5) is 5.82 Å². The van der Waals surface area contributed by atoms with Crippen molar-refractivity contribution in [2.24, 2.45) is 0 Å². The second-order valence-corrected chi connectivity index (χ2v) is 5.69. The Kier molecular flexibility index (Phi) is 5.78. The summed E-state index contributed by atoms with van der Waals surface area (Å²) < 4.78 is 5.48. The number of aromatic nitrogens is 1. The normalized spacial score (nSPS) is 10.2. The van der Waals surface area contributed by atoms with Gasteiger partial charge in [0.05, 0.1) is 6.54 Å². The fourth-order valence-corrected chi connectivity index (χ4v) is 2.54. The number of hydrogen-bond acceptors (Lipinski definition) is 3. The van der Waals surface area contributed by atoms with E-state index in [9.17, 15) is 4.79 Å². The van der Waals surface area contributed by atoms with E-state index in [0.717, 1.165) is 5.56 Å². The minimum absolute atomic E-state index is 0.108. The molecule has 4 heteroatoms. The molecule has 3 aromatic rings. The first-order valence-electron chi connectivity index (χ1n) is 8.38. The first kappa shape index (κ1) is 17.4. The van der Waals surface area contributed by atoms with Gasteiger partial charge in [0.1, 0.15) is 18.2 Å². The Morgan fingerprint density at radius 2 is 1.73 bits per heavy atom. The topological polar surface area (TPSA) is 42.4 Å². The molecule has 130 valence electrons. The van der Waals surface area contributed by atoms with Crippen molar-refractivity contribution in [1.29, 1.82) is 0 Å². The Morgan fingerprint density at radius 1 is 1.00 bits per heavy atom. The quantitative estimate of drug-likeness (QED) is 0.593. The fraction of sp³-hybridized carbons (Fsp3) is 0.0909. The molecule has 0 aliphatic rings. The number of hydrogen-bond donors (Lipinski definition) is 0. The van der Waals surface area contributed by atoms with Gasteiger partial charge in [-0.3, -0.25) is 9.69 Å². The van der Waals surface area contributed by atoms with Gasteiger partial charge in [0.15, 0.2) is 0 Å². The minimum atomic E-state index is -0.108. The van der Waals surface area contributed by atoms with Gasteiger partial charge in [-0.05, 0) is 42.0 Å². The number of nitrogens with zero attached hydrogens (tertiary/aromatic N) is 2. The van der Waals surface area contributed by atoms with Crippen molar-refractivity contribution in [3.05, 3.63) is 103 Å². The zero-order chi connectivity index (χ0) is 18.2. The number of benzene rings is 2. The highest BCUT2D eigenvalue weighted by Crippen LogP contribution is 2.19. The van der Waals surface area contributed by atoms with Gasteiger partial charge in [-0.15, -0.1) is 0 Å². The van der Waals surface area contributed by atoms with Crippen LogP contribution in [0.1, 0.15) is 15.9 Å². The lowest BCUT2D eigenvalue weighted by Crippen LogP contribution is -2.31. The zero-order valence-corrected chi connectivity index (χ0v) is 14.4. The number of anilines is 1. The van der Waals surface area contributed by atoms with E-state index in [1.807, 2.05) is 48.5 Å². The maximum absolute atomic E-state index is 13.1. The predicted molar refractivity (Wildman–Crippen MR) is 103 cm³/mol. The Balaban J connectivity index is 1.86. The third-order valence-corrected chi connectivity index (χ3v) is 3.82. The van der Waals surface area contributed by atoms with E-state index in [4.69, 9.17) is 4.74 Å². The lowest BCUT2D eigenvalue weighted by molar-refractivity contribution is 0.0984. The standard InChI is InChI=1S/C22H20N2O2/c1-2-16-26-20-13-11-19(12-14-20)22(25)24(21-10-6-7-15-23-21)17-18-8-4-3-5-9-18/h2-15H,1,16-17H2. The molecule has 0 unspecified atom stereocenters. The maximum atomic E-state index is 13.1. The molecule has 4 nitrogen and oxygen atoms in total. The third kappa shape index (κ3) is 4.36. The molecule has 0 bridgehead atoms. The summed E-state index contributed by atoms with van der Waals surface area (Å²) in [4.78, 5) is 19.1. The summed E-state index contributed by atoms with van der Waals surface area (Å²) in [5, 5.41) is 0. The molecule has 0 N–H and O–H groups in total. The predicted octanol–water partition coefficient (Wildman–Crippen LogP) is 4.49. The van der Waals surface area contributed by atoms with Crippen molar-refractivity contribution in [1.82, 2.24) is 4.98 Å². The van der Waals surface area contributed by atoms with Crippen LogP contribution in [0.25, 0.3) is 0 Å². The molecule has 0 atom stereocenters. The number of carbonyl (C=O) groups excluding carboxylic acids is 1. The van der Waals surface area contributed by atoms with Crippen molar-refractivity contribution in [3.63, 3.8) is 0 Å². The molecule has 0 saturated carbocycles. The molecule has 0 fully saturated rings. The van der Waals surface area contributed by atoms with Gasteiger partial charge in [-0.2, -0.15) is 0 Å². The summed E-state index contributed by atoms with van der Waals surface area (Å²) in [6, 6.07) is 22.5. The molecule has 0 spiro atoms. The summed E-state index contributed by atoms with van der Waals surface area (Å²) >= 11 is 0. The van der Waals surface area contributed by atoms with Gasteiger partial charge in [0.25, 0.3) is 5.91 Å². The monoisotopic (exact) mass is 344 g/mol. The Bertz CT molecular complexity index is 846. The number of amides is 1. The molecule has 0 aliphatic carbocycles. The first-order chi connectivity index (χ1) is 12.8. The van der Waals surface area contributed by atoms with Crippen LogP contribution in [0, 0.1) is 0 Å². The number of carbonyl (C=O) groups is 1. The number of rotatable bonds is 7. The van der Waals surface area contributed by atoms with Crippen molar-refractivity contribution < 1.29 is 9.53 Å². The van der Waals surface area contributed by atoms with Crippen LogP contribution >= 0.6 is 0 Å². The molecule has 0 aliphatic heterocycles. The zero-order valence-electron chi connectivity index (χ0n) is 14.4. The highest BCUT2D eigenvalue weighted by molar-refractivity contribution is 6.05. The summed E-state index contributed by atoms with van der Waals surface area (Å²) in [6.07, 6.45) is 3.37. The Hall–Kier alpha value is -3.40. The lowest BCUT2D eigenvalue weighted by atomic mass is 10.1. The van der Waals surface area contributed by atoms with Crippen molar-refractivity contribution in [3.8, 4) is 5.75 Å². The molecule has 1 amide bonds. The molecule has 0 saturated heterocycles. The van der Waals surface area contributed by atoms with E-state index in [1.165, 1.54) is 0 Å². The van der Waals surface area contributed by atoms with Crippen LogP contribution in [-0.2, 0) is 6.54 Å². The van der Waals surface area contributed by atoms with Gasteiger partial charge in [0.2, 0.25) is 0 Å². The summed E-state index contributed by atoms with van der Waals surface area (Å²) in [7, 11) is 0. The van der Waals surface area contributed by atoms with Gasteiger partial charge in [0, 0.05) is 11.8 Å². The molecular weight excluding hydrogens is 324 g/mol. The van der Waals surface area contributed by atoms with Crippen LogP contribution < -0.4 is 9.64 Å². The molecule has 0 radical (unpaired) electrons. The molecule has 26 heavy (non-hydrogen) atoms. The lowest BCUT2D eigenvalue weighted by Gasteiger charge is -2.22. The Morgan fingerprint density at radius 3 is 2.38 bits per heavy atom. The number of ether oxygens (including phenoxy) is 1. The van der Waals surface area contributed by atoms with E-state index >= 15 is 0 Å². The largest absolute Gasteiger partial charge is 0.490 e.